The molecule has 6 heavy (non-hydrogen) atoms. The Morgan fingerprint density at radius 3 is 1.00 bits per heavy atom. The van der Waals surface area contributed by atoms with E-state index in [1.165, 1.54) is 0 Å². The van der Waals surface area contributed by atoms with Crippen molar-refractivity contribution >= 4 is 71.8 Å². The molecule has 0 aromatic carbocycles. The summed E-state index contributed by atoms with van der Waals surface area (Å²) in [5.41, 5.74) is 0. The number of hydrogen-bond donors (Lipinski definition) is 0. The van der Waals surface area contributed by atoms with E-state index in [1.807, 2.05) is 0 Å². The van der Waals surface area contributed by atoms with Crippen LogP contribution in [0.4, 0.5) is 0 Å². The van der Waals surface area contributed by atoms with E-state index in [0.717, 1.165) is 0 Å². The van der Waals surface area contributed by atoms with Crippen LogP contribution in [0.15, 0.2) is 0 Å². The van der Waals surface area contributed by atoms with Crippen LogP contribution < -0.4 is 29.6 Å². The van der Waals surface area contributed by atoms with E-state index in [2.05, 4.69) is 0 Å². The number of rotatable bonds is 0. The van der Waals surface area contributed by atoms with Gasteiger partial charge in [-0.3, -0.25) is 0 Å². The van der Waals surface area contributed by atoms with Crippen molar-refractivity contribution in [1.82, 2.24) is 0 Å². The third-order valence-corrected chi connectivity index (χ3v) is 0. The fraction of sp³-hybridized carbons (Fsp3) is 0. The molecule has 0 saturated carbocycles. The standard InChI is InChI=1S/Ca.Fe.Mg.Na.O.Si/q3*+2;+1;-2;+4. The van der Waals surface area contributed by atoms with Crippen molar-refractivity contribution in [2.45, 2.75) is 0 Å². The van der Waals surface area contributed by atoms with Crippen LogP contribution in [0.25, 0.3) is 0 Å². The zero-order valence-corrected chi connectivity index (χ0v) is 11.4. The molecule has 0 heterocycles. The van der Waals surface area contributed by atoms with Crippen LogP contribution in [-0.4, -0.2) is 71.8 Å². The van der Waals surface area contributed by atoms with Gasteiger partial charge in [0, 0.05) is 0 Å². The predicted molar refractivity (Wildman–Crippen MR) is 17.9 cm³/mol. The monoisotopic (exact) mass is 187 g/mol. The van der Waals surface area contributed by atoms with Crippen LogP contribution in [0.2, 0.25) is 0 Å². The van der Waals surface area contributed by atoms with Crippen LogP contribution in [0.5, 0.6) is 0 Å². The third-order valence-electron chi connectivity index (χ3n) is 0. The van der Waals surface area contributed by atoms with Gasteiger partial charge in [-0.15, -0.1) is 0 Å². The van der Waals surface area contributed by atoms with Gasteiger partial charge in [-0.2, -0.15) is 0 Å². The Kier molecular flexibility index (Phi) is 334. The van der Waals surface area contributed by atoms with Gasteiger partial charge in [-0.25, -0.2) is 0 Å². The van der Waals surface area contributed by atoms with E-state index in [4.69, 9.17) is 0 Å². The molecule has 14 valence electrons. The zero-order chi connectivity index (χ0) is 0. The van der Waals surface area contributed by atoms with Gasteiger partial charge in [-0.05, 0) is 0 Å². The summed E-state index contributed by atoms with van der Waals surface area (Å²) in [6.45, 7) is 0. The average molecular weight is 187 g/mol. The van der Waals surface area contributed by atoms with Crippen molar-refractivity contribution in [3.8, 4) is 0 Å². The molecule has 0 bridgehead atoms. The Hall–Kier alpha value is 3.72. The summed E-state index contributed by atoms with van der Waals surface area (Å²) in [7, 11) is 0. The van der Waals surface area contributed by atoms with Gasteiger partial charge in [0.15, 0.2) is 0 Å². The van der Waals surface area contributed by atoms with E-state index in [9.17, 15) is 0 Å². The second-order valence-electron chi connectivity index (χ2n) is 0. The minimum Gasteiger partial charge on any atom is -2.00 e. The smallest absolute Gasteiger partial charge is 2.00 e. The Bertz CT molecular complexity index is 15.5. The molecule has 0 amide bonds. The zero-order valence-electron chi connectivity index (χ0n) is 3.68. The van der Waals surface area contributed by atoms with Crippen LogP contribution in [0.1, 0.15) is 0 Å². The van der Waals surface area contributed by atoms with Crippen LogP contribution in [-0.2, 0) is 22.5 Å². The van der Waals surface area contributed by atoms with Crippen LogP contribution >= 0.6 is 0 Å². The van der Waals surface area contributed by atoms with E-state index >= 15 is 0 Å². The molecule has 0 saturated heterocycles. The SMILES string of the molecule is [Ca+2].[Fe+2].[Mg+2].[Na+].[O-2].[Si+4]. The summed E-state index contributed by atoms with van der Waals surface area (Å²) in [6, 6.07) is 0. The summed E-state index contributed by atoms with van der Waals surface area (Å²) >= 11 is 0. The minimum absolute atomic E-state index is 0. The first-order valence-corrected chi connectivity index (χ1v) is 0. The van der Waals surface area contributed by atoms with Gasteiger partial charge in [0.25, 0.3) is 0 Å². The maximum Gasteiger partial charge on any atom is 4.00 e. The molecule has 0 rings (SSSR count). The molecule has 0 aromatic rings. The molecule has 0 radical (unpaired) electrons. The fourth-order valence-electron chi connectivity index (χ4n) is 0. The van der Waals surface area contributed by atoms with Crippen LogP contribution in [0, 0.1) is 0 Å². The summed E-state index contributed by atoms with van der Waals surface area (Å²) < 4.78 is 0. The number of hydrogen-bond acceptors (Lipinski definition) is 0. The normalized spacial score (nSPS) is 0. The second-order valence-corrected chi connectivity index (χ2v) is 0. The van der Waals surface area contributed by atoms with E-state index in [-0.39, 0.29) is 124 Å². The molecule has 0 fully saturated rings. The Labute approximate surface area is 121 Å². The molecule has 0 atom stereocenters. The first-order valence-electron chi connectivity index (χ1n) is 0. The Morgan fingerprint density at radius 1 is 1.00 bits per heavy atom. The van der Waals surface area contributed by atoms with Crippen molar-refractivity contribution in [3.05, 3.63) is 0 Å². The molecule has 0 aromatic heterocycles. The fourth-order valence-corrected chi connectivity index (χ4v) is 0. The molecule has 0 N–H and O–H groups in total. The predicted octanol–water partition coefficient (Wildman–Crippen LogP) is -4.26. The third kappa shape index (κ3) is 25.2. The summed E-state index contributed by atoms with van der Waals surface area (Å²) in [6.07, 6.45) is 0. The Balaban J connectivity index is 0. The molecule has 0 aliphatic carbocycles. The largest absolute Gasteiger partial charge is 4.00 e. The van der Waals surface area contributed by atoms with Crippen molar-refractivity contribution in [2.24, 2.45) is 0 Å². The van der Waals surface area contributed by atoms with Gasteiger partial charge in [-0.1, -0.05) is 0 Å². The van der Waals surface area contributed by atoms with E-state index in [0.29, 0.717) is 0 Å². The van der Waals surface area contributed by atoms with Gasteiger partial charge < -0.3 is 5.48 Å². The molecule has 0 aliphatic heterocycles. The second kappa shape index (κ2) is 37.5. The van der Waals surface area contributed by atoms with E-state index < -0.39 is 0 Å². The molecule has 0 spiro atoms. The van der Waals surface area contributed by atoms with Crippen molar-refractivity contribution in [2.75, 3.05) is 0 Å². The molecular formula is CaFeMgNaOSi+9. The summed E-state index contributed by atoms with van der Waals surface area (Å²) in [5, 5.41) is 0. The molecular weight excluding hydrogens is 187 g/mol. The average Bonchev–Trinajstić information content (AvgIpc) is 0. The topological polar surface area (TPSA) is 28.5 Å². The maximum absolute atomic E-state index is 0. The molecule has 6 heteroatoms. The minimum atomic E-state index is 0. The molecule has 1 nitrogen and oxygen atoms in total. The first kappa shape index (κ1) is 53.4. The Morgan fingerprint density at radius 2 is 1.00 bits per heavy atom. The van der Waals surface area contributed by atoms with Gasteiger partial charge in [0.05, 0.1) is 0 Å². The first-order chi connectivity index (χ1) is 0. The summed E-state index contributed by atoms with van der Waals surface area (Å²) in [5.74, 6) is 0. The van der Waals surface area contributed by atoms with Crippen molar-refractivity contribution in [1.29, 1.82) is 0 Å². The van der Waals surface area contributed by atoms with Gasteiger partial charge in [0.1, 0.15) is 0 Å². The summed E-state index contributed by atoms with van der Waals surface area (Å²) in [4.78, 5) is 0. The van der Waals surface area contributed by atoms with E-state index in [1.54, 1.807) is 0 Å². The quantitative estimate of drug-likeness (QED) is 0.344. The van der Waals surface area contributed by atoms with Gasteiger partial charge in [0.2, 0.25) is 0 Å². The maximum atomic E-state index is 0. The molecule has 0 unspecified atom stereocenters. The van der Waals surface area contributed by atoms with Crippen molar-refractivity contribution in [3.63, 3.8) is 0 Å². The van der Waals surface area contributed by atoms with Gasteiger partial charge >= 0.3 is 118 Å². The molecule has 0 aliphatic rings. The van der Waals surface area contributed by atoms with Crippen molar-refractivity contribution < 1.29 is 52.1 Å². The van der Waals surface area contributed by atoms with Crippen LogP contribution in [0.3, 0.4) is 0 Å².